The van der Waals surface area contributed by atoms with Gasteiger partial charge in [-0.3, -0.25) is 0 Å². The van der Waals surface area contributed by atoms with E-state index in [1.54, 1.807) is 0 Å². The molecule has 1 atom stereocenters. The molecule has 1 aliphatic rings. The Morgan fingerprint density at radius 3 is 2.29 bits per heavy atom. The molecule has 1 unspecified atom stereocenters. The summed E-state index contributed by atoms with van der Waals surface area (Å²) in [6.45, 7) is 0. The second kappa shape index (κ2) is 4.25. The van der Waals surface area contributed by atoms with Gasteiger partial charge in [-0.2, -0.15) is 18.3 Å². The Kier molecular flexibility index (Phi) is 2.93. The van der Waals surface area contributed by atoms with E-state index in [0.29, 0.717) is 22.9 Å². The van der Waals surface area contributed by atoms with Crippen LogP contribution < -0.4 is 5.12 Å². The normalized spacial score (nSPS) is 19.5. The Balaban J connectivity index is 2.09. The molecule has 0 fully saturated rings. The van der Waals surface area contributed by atoms with Crippen molar-refractivity contribution in [3.05, 3.63) is 42.4 Å². The summed E-state index contributed by atoms with van der Waals surface area (Å²) in [6, 6.07) is 4.89. The third-order valence-corrected chi connectivity index (χ3v) is 2.18. The summed E-state index contributed by atoms with van der Waals surface area (Å²) >= 11 is 0. The van der Waals surface area contributed by atoms with Crippen LogP contribution in [0.15, 0.2) is 39.7 Å². The van der Waals surface area contributed by atoms with Crippen LogP contribution in [0.3, 0.4) is 0 Å². The first-order valence-electron chi connectivity index (χ1n) is 4.79. The van der Waals surface area contributed by atoms with E-state index in [-0.39, 0.29) is 0 Å². The zero-order valence-corrected chi connectivity index (χ0v) is 8.70. The molecule has 1 aromatic carbocycles. The standard InChI is InChI=1S/C10H9F3N4/c1-17-15-9(14-16-17)6-7-2-4-8(5-3-7)10(11,12)13/h2-5,17H,1,6H2. The van der Waals surface area contributed by atoms with Crippen LogP contribution in [0.25, 0.3) is 0 Å². The smallest absolute Gasteiger partial charge is 0.192 e. The highest BCUT2D eigenvalue weighted by molar-refractivity contribution is 5.84. The number of halogens is 3. The first kappa shape index (κ1) is 11.7. The lowest BCUT2D eigenvalue weighted by molar-refractivity contribution is -0.868. The summed E-state index contributed by atoms with van der Waals surface area (Å²) < 4.78 is 36.9. The third-order valence-electron chi connectivity index (χ3n) is 2.18. The number of quaternary nitrogens is 1. The van der Waals surface area contributed by atoms with Crippen LogP contribution in [-0.4, -0.2) is 5.84 Å². The first-order chi connectivity index (χ1) is 7.95. The van der Waals surface area contributed by atoms with Crippen molar-refractivity contribution in [1.29, 1.82) is 0 Å². The van der Waals surface area contributed by atoms with Crippen LogP contribution in [-0.2, 0) is 12.6 Å². The minimum Gasteiger partial charge on any atom is -0.192 e. The number of alkyl halides is 3. The predicted molar refractivity (Wildman–Crippen MR) is 53.8 cm³/mol. The minimum absolute atomic E-state index is 0.312. The van der Waals surface area contributed by atoms with Gasteiger partial charge in [0.15, 0.2) is 0 Å². The topological polar surface area (TPSA) is 41.5 Å². The highest BCUT2D eigenvalue weighted by Gasteiger charge is 2.29. The Morgan fingerprint density at radius 1 is 1.18 bits per heavy atom. The fourth-order valence-electron chi connectivity index (χ4n) is 1.38. The average molecular weight is 242 g/mol. The summed E-state index contributed by atoms with van der Waals surface area (Å²) in [5, 5.41) is 11.6. The summed E-state index contributed by atoms with van der Waals surface area (Å²) in [5.74, 6) is 0.453. The lowest BCUT2D eigenvalue weighted by atomic mass is 10.1. The van der Waals surface area contributed by atoms with Crippen LogP contribution in [0.2, 0.25) is 0 Å². The Bertz CT molecular complexity index is 461. The highest BCUT2D eigenvalue weighted by atomic mass is 19.4. The van der Waals surface area contributed by atoms with Gasteiger partial charge in [-0.15, -0.1) is 0 Å². The van der Waals surface area contributed by atoms with Crippen LogP contribution in [0, 0.1) is 7.05 Å². The molecule has 0 aliphatic carbocycles. The van der Waals surface area contributed by atoms with Crippen molar-refractivity contribution in [2.75, 3.05) is 0 Å². The summed E-state index contributed by atoms with van der Waals surface area (Å²) in [5.41, 5.74) is 0.0334. The van der Waals surface area contributed by atoms with Gasteiger partial charge >= 0.3 is 6.18 Å². The van der Waals surface area contributed by atoms with Crippen LogP contribution >= 0.6 is 0 Å². The molecule has 1 aliphatic heterocycles. The quantitative estimate of drug-likeness (QED) is 0.766. The fraction of sp³-hybridized carbons (Fsp3) is 0.200. The van der Waals surface area contributed by atoms with Gasteiger partial charge in [0.25, 0.3) is 0 Å². The summed E-state index contributed by atoms with van der Waals surface area (Å²) in [4.78, 5) is 0. The van der Waals surface area contributed by atoms with Gasteiger partial charge in [-0.25, -0.2) is 0 Å². The van der Waals surface area contributed by atoms with Crippen molar-refractivity contribution in [3.63, 3.8) is 0 Å². The third kappa shape index (κ3) is 2.88. The average Bonchev–Trinajstić information content (AvgIpc) is 2.63. The predicted octanol–water partition coefficient (Wildman–Crippen LogP) is 1.62. The number of nitrogens with zero attached hydrogens (tertiary/aromatic N) is 3. The monoisotopic (exact) mass is 242 g/mol. The molecular formula is C10H9F3N4. The van der Waals surface area contributed by atoms with Gasteiger partial charge in [0.05, 0.1) is 5.56 Å². The molecule has 0 aromatic heterocycles. The van der Waals surface area contributed by atoms with Crippen LogP contribution in [0.1, 0.15) is 11.1 Å². The van der Waals surface area contributed by atoms with Crippen molar-refractivity contribution in [1.82, 2.24) is 0 Å². The number of rotatable bonds is 2. The molecule has 4 nitrogen and oxygen atoms in total. The van der Waals surface area contributed by atoms with E-state index in [0.717, 1.165) is 12.1 Å². The van der Waals surface area contributed by atoms with Crippen molar-refractivity contribution in [2.24, 2.45) is 15.4 Å². The van der Waals surface area contributed by atoms with Crippen molar-refractivity contribution >= 4 is 5.84 Å². The van der Waals surface area contributed by atoms with Crippen LogP contribution in [0.4, 0.5) is 13.2 Å². The highest BCUT2D eigenvalue weighted by Crippen LogP contribution is 2.29. The van der Waals surface area contributed by atoms with Gasteiger partial charge in [0.2, 0.25) is 5.84 Å². The zero-order chi connectivity index (χ0) is 12.5. The van der Waals surface area contributed by atoms with E-state index in [1.807, 2.05) is 0 Å². The van der Waals surface area contributed by atoms with E-state index in [2.05, 4.69) is 22.5 Å². The molecule has 0 saturated heterocycles. The zero-order valence-electron chi connectivity index (χ0n) is 8.70. The maximum Gasteiger partial charge on any atom is 0.416 e. The maximum atomic E-state index is 12.3. The Morgan fingerprint density at radius 2 is 1.82 bits per heavy atom. The number of amidine groups is 1. The molecule has 1 heterocycles. The molecular weight excluding hydrogens is 233 g/mol. The lowest BCUT2D eigenvalue weighted by Gasteiger charge is -2.06. The lowest BCUT2D eigenvalue weighted by Crippen LogP contribution is -2.95. The molecule has 2 rings (SSSR count). The molecule has 0 radical (unpaired) electrons. The Hall–Kier alpha value is -1.76. The molecule has 0 bridgehead atoms. The van der Waals surface area contributed by atoms with Gasteiger partial charge in [0, 0.05) is 11.6 Å². The SMILES string of the molecule is [CH2-][NH+]1N=NC(Cc2ccc(C(F)(F)F)cc2)=N1. The van der Waals surface area contributed by atoms with E-state index >= 15 is 0 Å². The number of hydrogen-bond acceptors (Lipinski definition) is 3. The van der Waals surface area contributed by atoms with Gasteiger partial charge < -0.3 is 0 Å². The van der Waals surface area contributed by atoms with Gasteiger partial charge in [-0.05, 0) is 17.7 Å². The second-order valence-electron chi connectivity index (χ2n) is 3.52. The van der Waals surface area contributed by atoms with Crippen molar-refractivity contribution in [3.8, 4) is 0 Å². The van der Waals surface area contributed by atoms with Gasteiger partial charge in [0.1, 0.15) is 0 Å². The second-order valence-corrected chi connectivity index (χ2v) is 3.52. The van der Waals surface area contributed by atoms with Crippen molar-refractivity contribution < 1.29 is 18.3 Å². The largest absolute Gasteiger partial charge is 0.416 e. The molecule has 1 aromatic rings. The van der Waals surface area contributed by atoms with E-state index in [1.165, 1.54) is 12.1 Å². The maximum absolute atomic E-state index is 12.3. The van der Waals surface area contributed by atoms with Gasteiger partial charge in [-0.1, -0.05) is 29.4 Å². The molecule has 90 valence electrons. The fourth-order valence-corrected chi connectivity index (χ4v) is 1.38. The Labute approximate surface area is 95.4 Å². The molecule has 7 heteroatoms. The molecule has 0 saturated carbocycles. The first-order valence-corrected chi connectivity index (χ1v) is 4.79. The molecule has 0 amide bonds. The number of hydrogen-bond donors (Lipinski definition) is 1. The van der Waals surface area contributed by atoms with Crippen LogP contribution in [0.5, 0.6) is 0 Å². The van der Waals surface area contributed by atoms with E-state index < -0.39 is 11.7 Å². The summed E-state index contributed by atoms with van der Waals surface area (Å²) in [7, 11) is 3.50. The minimum atomic E-state index is -4.31. The molecule has 1 N–H and O–H groups in total. The molecule has 0 spiro atoms. The summed E-state index contributed by atoms with van der Waals surface area (Å²) in [6.07, 6.45) is -3.96. The van der Waals surface area contributed by atoms with E-state index in [4.69, 9.17) is 0 Å². The number of nitrogens with one attached hydrogen (secondary N) is 1. The molecule has 17 heavy (non-hydrogen) atoms. The number of benzene rings is 1. The van der Waals surface area contributed by atoms with Crippen molar-refractivity contribution in [2.45, 2.75) is 12.6 Å². The van der Waals surface area contributed by atoms with E-state index in [9.17, 15) is 13.2 Å².